The van der Waals surface area contributed by atoms with Crippen molar-refractivity contribution in [3.8, 4) is 0 Å². The van der Waals surface area contributed by atoms with Gasteiger partial charge in [-0.1, -0.05) is 24.3 Å². The van der Waals surface area contributed by atoms with Crippen LogP contribution in [0, 0.1) is 0 Å². The number of benzene rings is 1. The van der Waals surface area contributed by atoms with Crippen molar-refractivity contribution in [2.75, 3.05) is 32.7 Å². The Bertz CT molecular complexity index is 403. The molecule has 1 aliphatic heterocycles. The molecule has 1 aromatic carbocycles. The lowest BCUT2D eigenvalue weighted by molar-refractivity contribution is 0.0167. The zero-order valence-corrected chi connectivity index (χ0v) is 12.5. The zero-order chi connectivity index (χ0) is 14.6. The van der Waals surface area contributed by atoms with Crippen molar-refractivity contribution >= 4 is 0 Å². The lowest BCUT2D eigenvalue weighted by Crippen LogP contribution is -2.50. The predicted molar refractivity (Wildman–Crippen MR) is 80.4 cm³/mol. The summed E-state index contributed by atoms with van der Waals surface area (Å²) in [5.74, 6) is 0. The van der Waals surface area contributed by atoms with Crippen LogP contribution in [0.15, 0.2) is 24.3 Å². The highest BCUT2D eigenvalue weighted by Gasteiger charge is 2.22. The second-order valence-electron chi connectivity index (χ2n) is 6.34. The number of piperazine rings is 1. The van der Waals surface area contributed by atoms with E-state index in [4.69, 9.17) is 5.11 Å². The van der Waals surface area contributed by atoms with E-state index in [2.05, 4.69) is 21.9 Å². The maximum atomic E-state index is 9.84. The number of hydrogen-bond donors (Lipinski definition) is 2. The average molecular weight is 278 g/mol. The first-order valence-corrected chi connectivity index (χ1v) is 7.32. The number of β-amino-alcohol motifs (C(OH)–C–C–N with tert-alkyl or cyclic N) is 1. The molecule has 112 valence electrons. The minimum atomic E-state index is -0.609. The van der Waals surface area contributed by atoms with Crippen LogP contribution in [0.1, 0.15) is 25.0 Å². The minimum absolute atomic E-state index is 0.107. The monoisotopic (exact) mass is 278 g/mol. The molecule has 2 N–H and O–H groups in total. The standard InChI is InChI=1S/C16H26N2O2/c1-16(2,20)13-18-9-7-17(8-10-18)11-14-3-5-15(12-19)6-4-14/h3-6,19-20H,7-13H2,1-2H3. The van der Waals surface area contributed by atoms with Gasteiger partial charge in [0.25, 0.3) is 0 Å². The fourth-order valence-electron chi connectivity index (χ4n) is 2.66. The third-order valence-corrected chi connectivity index (χ3v) is 3.69. The molecule has 1 heterocycles. The van der Waals surface area contributed by atoms with Crippen molar-refractivity contribution in [3.05, 3.63) is 35.4 Å². The molecular weight excluding hydrogens is 252 g/mol. The van der Waals surface area contributed by atoms with Crippen molar-refractivity contribution < 1.29 is 10.2 Å². The summed E-state index contributed by atoms with van der Waals surface area (Å²) in [6.45, 7) is 9.64. The number of aliphatic hydroxyl groups excluding tert-OH is 1. The van der Waals surface area contributed by atoms with Crippen LogP contribution in [-0.4, -0.2) is 58.3 Å². The predicted octanol–water partition coefficient (Wildman–Crippen LogP) is 1.07. The highest BCUT2D eigenvalue weighted by Crippen LogP contribution is 2.12. The normalized spacial score (nSPS) is 18.4. The molecule has 1 aliphatic rings. The topological polar surface area (TPSA) is 46.9 Å². The van der Waals surface area contributed by atoms with Crippen molar-refractivity contribution in [2.24, 2.45) is 0 Å². The van der Waals surface area contributed by atoms with Gasteiger partial charge < -0.3 is 10.2 Å². The molecule has 1 fully saturated rings. The average Bonchev–Trinajstić information content (AvgIpc) is 2.40. The number of hydrogen-bond acceptors (Lipinski definition) is 4. The van der Waals surface area contributed by atoms with Gasteiger partial charge in [-0.25, -0.2) is 0 Å². The van der Waals surface area contributed by atoms with Gasteiger partial charge in [-0.05, 0) is 25.0 Å². The van der Waals surface area contributed by atoms with E-state index < -0.39 is 5.60 Å². The van der Waals surface area contributed by atoms with E-state index >= 15 is 0 Å². The molecule has 0 atom stereocenters. The summed E-state index contributed by atoms with van der Waals surface area (Å²) in [5, 5.41) is 18.9. The third-order valence-electron chi connectivity index (χ3n) is 3.69. The molecule has 0 amide bonds. The molecule has 4 heteroatoms. The van der Waals surface area contributed by atoms with Crippen LogP contribution in [0.5, 0.6) is 0 Å². The summed E-state index contributed by atoms with van der Waals surface area (Å²) in [7, 11) is 0. The molecule has 4 nitrogen and oxygen atoms in total. The number of aliphatic hydroxyl groups is 2. The van der Waals surface area contributed by atoms with Crippen LogP contribution in [0.3, 0.4) is 0 Å². The van der Waals surface area contributed by atoms with Gasteiger partial charge in [0.1, 0.15) is 0 Å². The van der Waals surface area contributed by atoms with Crippen LogP contribution in [-0.2, 0) is 13.2 Å². The van der Waals surface area contributed by atoms with Crippen LogP contribution in [0.4, 0.5) is 0 Å². The third kappa shape index (κ3) is 4.87. The Morgan fingerprint density at radius 2 is 1.45 bits per heavy atom. The highest BCUT2D eigenvalue weighted by atomic mass is 16.3. The van der Waals surface area contributed by atoms with Gasteiger partial charge in [-0.15, -0.1) is 0 Å². The van der Waals surface area contributed by atoms with Gasteiger partial charge in [0.2, 0.25) is 0 Å². The fourth-order valence-corrected chi connectivity index (χ4v) is 2.66. The van der Waals surface area contributed by atoms with Gasteiger partial charge in [0.15, 0.2) is 0 Å². The van der Waals surface area contributed by atoms with Crippen LogP contribution in [0.2, 0.25) is 0 Å². The molecule has 0 saturated carbocycles. The summed E-state index contributed by atoms with van der Waals surface area (Å²) in [5.41, 5.74) is 1.64. The van der Waals surface area contributed by atoms with Gasteiger partial charge >= 0.3 is 0 Å². The Labute approximate surface area is 121 Å². The van der Waals surface area contributed by atoms with Gasteiger partial charge in [0, 0.05) is 39.3 Å². The first kappa shape index (κ1) is 15.4. The Morgan fingerprint density at radius 1 is 0.950 bits per heavy atom. The Morgan fingerprint density at radius 3 is 1.95 bits per heavy atom. The van der Waals surface area contributed by atoms with Crippen molar-refractivity contribution in [1.29, 1.82) is 0 Å². The van der Waals surface area contributed by atoms with Crippen LogP contribution in [0.25, 0.3) is 0 Å². The summed E-state index contributed by atoms with van der Waals surface area (Å²) in [6.07, 6.45) is 0. The quantitative estimate of drug-likeness (QED) is 0.846. The maximum absolute atomic E-state index is 9.84. The second-order valence-corrected chi connectivity index (χ2v) is 6.34. The van der Waals surface area contributed by atoms with Crippen LogP contribution < -0.4 is 0 Å². The summed E-state index contributed by atoms with van der Waals surface area (Å²) in [4.78, 5) is 4.76. The maximum Gasteiger partial charge on any atom is 0.0718 e. The molecule has 0 aromatic heterocycles. The smallest absolute Gasteiger partial charge is 0.0718 e. The first-order chi connectivity index (χ1) is 9.46. The van der Waals surface area contributed by atoms with E-state index in [0.29, 0.717) is 0 Å². The van der Waals surface area contributed by atoms with Gasteiger partial charge in [0.05, 0.1) is 12.2 Å². The lowest BCUT2D eigenvalue weighted by Gasteiger charge is -2.37. The van der Waals surface area contributed by atoms with E-state index in [0.717, 1.165) is 44.8 Å². The Kier molecular flexibility index (Phi) is 5.16. The fraction of sp³-hybridized carbons (Fsp3) is 0.625. The highest BCUT2D eigenvalue weighted by molar-refractivity contribution is 5.21. The molecular formula is C16H26N2O2. The lowest BCUT2D eigenvalue weighted by atomic mass is 10.1. The molecule has 1 saturated heterocycles. The van der Waals surface area contributed by atoms with E-state index in [1.54, 1.807) is 0 Å². The molecule has 0 spiro atoms. The Hall–Kier alpha value is -0.940. The molecule has 1 aromatic rings. The van der Waals surface area contributed by atoms with Crippen molar-refractivity contribution in [3.63, 3.8) is 0 Å². The van der Waals surface area contributed by atoms with E-state index in [9.17, 15) is 5.11 Å². The largest absolute Gasteiger partial charge is 0.392 e. The summed E-state index contributed by atoms with van der Waals surface area (Å²) >= 11 is 0. The number of rotatable bonds is 5. The van der Waals surface area contributed by atoms with Crippen molar-refractivity contribution in [1.82, 2.24) is 9.80 Å². The Balaban J connectivity index is 1.79. The summed E-state index contributed by atoms with van der Waals surface area (Å²) < 4.78 is 0. The molecule has 0 radical (unpaired) electrons. The first-order valence-electron chi connectivity index (χ1n) is 7.32. The van der Waals surface area contributed by atoms with Crippen LogP contribution >= 0.6 is 0 Å². The molecule has 0 unspecified atom stereocenters. The molecule has 20 heavy (non-hydrogen) atoms. The molecule has 0 aliphatic carbocycles. The van der Waals surface area contributed by atoms with E-state index in [-0.39, 0.29) is 6.61 Å². The minimum Gasteiger partial charge on any atom is -0.392 e. The zero-order valence-electron chi connectivity index (χ0n) is 12.5. The molecule has 0 bridgehead atoms. The summed E-state index contributed by atoms with van der Waals surface area (Å²) in [6, 6.07) is 8.16. The molecule has 2 rings (SSSR count). The van der Waals surface area contributed by atoms with Gasteiger partial charge in [-0.2, -0.15) is 0 Å². The SMILES string of the molecule is CC(C)(O)CN1CCN(Cc2ccc(CO)cc2)CC1. The van der Waals surface area contributed by atoms with E-state index in [1.165, 1.54) is 5.56 Å². The van der Waals surface area contributed by atoms with E-state index in [1.807, 2.05) is 26.0 Å². The van der Waals surface area contributed by atoms with Gasteiger partial charge in [-0.3, -0.25) is 9.80 Å². The van der Waals surface area contributed by atoms with Crippen molar-refractivity contribution in [2.45, 2.75) is 32.6 Å². The number of nitrogens with zero attached hydrogens (tertiary/aromatic N) is 2. The second kappa shape index (κ2) is 6.68.